The minimum absolute atomic E-state index is 0.901. The van der Waals surface area contributed by atoms with Crippen LogP contribution in [0.5, 0.6) is 5.75 Å². The molecule has 2 nitrogen and oxygen atoms in total. The molecule has 0 aliphatic rings. The molecule has 2 heteroatoms. The molecule has 0 fully saturated rings. The fraction of sp³-hybridized carbons (Fsp3) is 0.125. The van der Waals surface area contributed by atoms with Gasteiger partial charge in [-0.05, 0) is 29.1 Å². The monoisotopic (exact) mass is 237 g/mol. The van der Waals surface area contributed by atoms with Gasteiger partial charge in [0.1, 0.15) is 5.75 Å². The van der Waals surface area contributed by atoms with Crippen molar-refractivity contribution in [2.24, 2.45) is 0 Å². The van der Waals surface area contributed by atoms with E-state index >= 15 is 0 Å². The van der Waals surface area contributed by atoms with E-state index in [9.17, 15) is 0 Å². The molecule has 2 aromatic carbocycles. The first-order valence-corrected chi connectivity index (χ1v) is 6.02. The minimum atomic E-state index is 0.901. The van der Waals surface area contributed by atoms with Gasteiger partial charge < -0.3 is 9.30 Å². The standard InChI is InChI=1S/C16H15NO/c1-18-16-8-7-14-11-17(12-15(14)9-16)10-13-5-3-2-4-6-13/h2-9,11-12H,10H2,1H3. The SMILES string of the molecule is COc1ccc2cn(Cc3ccccc3)cc2c1. The van der Waals surface area contributed by atoms with E-state index in [-0.39, 0.29) is 0 Å². The average Bonchev–Trinajstić information content (AvgIpc) is 2.80. The lowest BCUT2D eigenvalue weighted by molar-refractivity contribution is 0.415. The molecule has 0 N–H and O–H groups in total. The molecular formula is C16H15NO. The number of methoxy groups -OCH3 is 1. The topological polar surface area (TPSA) is 14.2 Å². The summed E-state index contributed by atoms with van der Waals surface area (Å²) in [6.45, 7) is 0.901. The zero-order valence-corrected chi connectivity index (χ0v) is 10.3. The van der Waals surface area contributed by atoms with Gasteiger partial charge in [-0.15, -0.1) is 0 Å². The lowest BCUT2D eigenvalue weighted by atomic mass is 10.2. The van der Waals surface area contributed by atoms with E-state index in [0.29, 0.717) is 0 Å². The summed E-state index contributed by atoms with van der Waals surface area (Å²) in [7, 11) is 1.70. The van der Waals surface area contributed by atoms with Gasteiger partial charge in [0.15, 0.2) is 0 Å². The highest BCUT2D eigenvalue weighted by atomic mass is 16.5. The highest BCUT2D eigenvalue weighted by Crippen LogP contribution is 2.22. The second-order valence-electron chi connectivity index (χ2n) is 4.41. The molecule has 0 saturated carbocycles. The summed E-state index contributed by atoms with van der Waals surface area (Å²) in [4.78, 5) is 0. The van der Waals surface area contributed by atoms with Gasteiger partial charge in [0, 0.05) is 24.3 Å². The summed E-state index contributed by atoms with van der Waals surface area (Å²) in [5.74, 6) is 0.903. The van der Waals surface area contributed by atoms with Crippen LogP contribution in [0.25, 0.3) is 10.8 Å². The quantitative estimate of drug-likeness (QED) is 0.677. The van der Waals surface area contributed by atoms with E-state index in [1.807, 2.05) is 12.1 Å². The molecule has 0 unspecified atom stereocenters. The fourth-order valence-corrected chi connectivity index (χ4v) is 2.19. The fourth-order valence-electron chi connectivity index (χ4n) is 2.19. The summed E-state index contributed by atoms with van der Waals surface area (Å²) < 4.78 is 7.45. The van der Waals surface area contributed by atoms with Gasteiger partial charge in [-0.1, -0.05) is 30.3 Å². The Morgan fingerprint density at radius 2 is 1.72 bits per heavy atom. The summed E-state index contributed by atoms with van der Waals surface area (Å²) in [6.07, 6.45) is 4.33. The van der Waals surface area contributed by atoms with Gasteiger partial charge in [0.05, 0.1) is 7.11 Å². The van der Waals surface area contributed by atoms with Crippen molar-refractivity contribution in [2.75, 3.05) is 7.11 Å². The maximum absolute atomic E-state index is 5.24. The Labute approximate surface area is 106 Å². The lowest BCUT2D eigenvalue weighted by Gasteiger charge is -2.01. The zero-order chi connectivity index (χ0) is 12.4. The summed E-state index contributed by atoms with van der Waals surface area (Å²) in [5.41, 5.74) is 1.31. The Morgan fingerprint density at radius 1 is 0.944 bits per heavy atom. The predicted molar refractivity (Wildman–Crippen MR) is 74.0 cm³/mol. The number of hydrogen-bond acceptors (Lipinski definition) is 1. The number of rotatable bonds is 3. The average molecular weight is 237 g/mol. The van der Waals surface area contributed by atoms with Gasteiger partial charge in [-0.25, -0.2) is 0 Å². The normalized spacial score (nSPS) is 10.7. The highest BCUT2D eigenvalue weighted by Gasteiger charge is 2.01. The second-order valence-corrected chi connectivity index (χ2v) is 4.41. The van der Waals surface area contributed by atoms with Crippen LogP contribution < -0.4 is 4.74 Å². The van der Waals surface area contributed by atoms with Gasteiger partial charge in [-0.2, -0.15) is 0 Å². The Morgan fingerprint density at radius 3 is 2.50 bits per heavy atom. The van der Waals surface area contributed by atoms with E-state index in [0.717, 1.165) is 12.3 Å². The third kappa shape index (κ3) is 2.09. The summed E-state index contributed by atoms with van der Waals surface area (Å²) in [5, 5.41) is 2.46. The molecule has 0 saturated heterocycles. The van der Waals surface area contributed by atoms with Crippen LogP contribution in [0.1, 0.15) is 5.56 Å². The highest BCUT2D eigenvalue weighted by molar-refractivity contribution is 5.83. The van der Waals surface area contributed by atoms with Crippen LogP contribution in [0.4, 0.5) is 0 Å². The van der Waals surface area contributed by atoms with Crippen LogP contribution in [-0.4, -0.2) is 11.7 Å². The zero-order valence-electron chi connectivity index (χ0n) is 10.3. The third-order valence-electron chi connectivity index (χ3n) is 3.11. The van der Waals surface area contributed by atoms with Crippen LogP contribution in [0.15, 0.2) is 60.9 Å². The second kappa shape index (κ2) is 4.57. The Kier molecular flexibility index (Phi) is 2.77. The van der Waals surface area contributed by atoms with Crippen molar-refractivity contribution in [3.8, 4) is 5.75 Å². The minimum Gasteiger partial charge on any atom is -0.497 e. The molecule has 3 rings (SSSR count). The largest absolute Gasteiger partial charge is 0.497 e. The van der Waals surface area contributed by atoms with Crippen molar-refractivity contribution in [3.63, 3.8) is 0 Å². The number of fused-ring (bicyclic) bond motifs is 1. The summed E-state index contributed by atoms with van der Waals surface area (Å²) in [6, 6.07) is 16.6. The Hall–Kier alpha value is -2.22. The van der Waals surface area contributed by atoms with E-state index < -0.39 is 0 Å². The van der Waals surface area contributed by atoms with Crippen molar-refractivity contribution >= 4 is 10.8 Å². The van der Waals surface area contributed by atoms with Crippen LogP contribution >= 0.6 is 0 Å². The molecule has 90 valence electrons. The lowest BCUT2D eigenvalue weighted by Crippen LogP contribution is -1.94. The van der Waals surface area contributed by atoms with Gasteiger partial charge in [0.25, 0.3) is 0 Å². The summed E-state index contributed by atoms with van der Waals surface area (Å²) >= 11 is 0. The van der Waals surface area contributed by atoms with Crippen molar-refractivity contribution in [1.82, 2.24) is 4.57 Å². The van der Waals surface area contributed by atoms with E-state index in [4.69, 9.17) is 4.74 Å². The van der Waals surface area contributed by atoms with Gasteiger partial charge in [-0.3, -0.25) is 0 Å². The maximum atomic E-state index is 5.24. The van der Waals surface area contributed by atoms with E-state index in [1.165, 1.54) is 16.3 Å². The van der Waals surface area contributed by atoms with Crippen molar-refractivity contribution in [3.05, 3.63) is 66.5 Å². The molecular weight excluding hydrogens is 222 g/mol. The Bertz CT molecular complexity index is 655. The van der Waals surface area contributed by atoms with E-state index in [2.05, 4.69) is 53.4 Å². The van der Waals surface area contributed by atoms with E-state index in [1.54, 1.807) is 7.11 Å². The molecule has 3 aromatic rings. The molecule has 0 amide bonds. The first-order valence-electron chi connectivity index (χ1n) is 6.02. The molecule has 0 atom stereocenters. The molecule has 1 aromatic heterocycles. The number of hydrogen-bond donors (Lipinski definition) is 0. The predicted octanol–water partition coefficient (Wildman–Crippen LogP) is 3.70. The molecule has 0 bridgehead atoms. The first kappa shape index (κ1) is 10.9. The number of benzene rings is 2. The van der Waals surface area contributed by atoms with Gasteiger partial charge in [0.2, 0.25) is 0 Å². The third-order valence-corrected chi connectivity index (χ3v) is 3.11. The molecule has 0 aliphatic carbocycles. The molecule has 0 spiro atoms. The van der Waals surface area contributed by atoms with Crippen LogP contribution in [0.3, 0.4) is 0 Å². The van der Waals surface area contributed by atoms with Crippen molar-refractivity contribution in [2.45, 2.75) is 6.54 Å². The molecule has 18 heavy (non-hydrogen) atoms. The van der Waals surface area contributed by atoms with Gasteiger partial charge >= 0.3 is 0 Å². The maximum Gasteiger partial charge on any atom is 0.119 e. The van der Waals surface area contributed by atoms with Crippen molar-refractivity contribution in [1.29, 1.82) is 0 Å². The molecule has 1 heterocycles. The molecule has 0 radical (unpaired) electrons. The number of ether oxygens (including phenoxy) is 1. The number of nitrogens with zero attached hydrogens (tertiary/aromatic N) is 1. The number of aromatic nitrogens is 1. The van der Waals surface area contributed by atoms with Crippen LogP contribution in [-0.2, 0) is 6.54 Å². The molecule has 0 aliphatic heterocycles. The van der Waals surface area contributed by atoms with Crippen LogP contribution in [0, 0.1) is 0 Å². The Balaban J connectivity index is 1.94. The van der Waals surface area contributed by atoms with Crippen LogP contribution in [0.2, 0.25) is 0 Å². The van der Waals surface area contributed by atoms with Crippen molar-refractivity contribution < 1.29 is 4.74 Å². The first-order chi connectivity index (χ1) is 8.85. The smallest absolute Gasteiger partial charge is 0.119 e.